The van der Waals surface area contributed by atoms with Gasteiger partial charge in [0.2, 0.25) is 0 Å². The summed E-state index contributed by atoms with van der Waals surface area (Å²) < 4.78 is 5.10. The van der Waals surface area contributed by atoms with E-state index < -0.39 is 0 Å². The van der Waals surface area contributed by atoms with E-state index in [2.05, 4.69) is 18.3 Å². The minimum Gasteiger partial charge on any atom is -0.495 e. The highest BCUT2D eigenvalue weighted by atomic mass is 16.5. The second-order valence-electron chi connectivity index (χ2n) is 3.58. The molecule has 0 aliphatic carbocycles. The fourth-order valence-corrected chi connectivity index (χ4v) is 1.47. The van der Waals surface area contributed by atoms with Gasteiger partial charge in [-0.1, -0.05) is 13.0 Å². The van der Waals surface area contributed by atoms with E-state index in [9.17, 15) is 0 Å². The van der Waals surface area contributed by atoms with Gasteiger partial charge in [-0.2, -0.15) is 0 Å². The molecule has 3 nitrogen and oxygen atoms in total. The van der Waals surface area contributed by atoms with Crippen LogP contribution in [0.25, 0.3) is 0 Å². The molecule has 0 bridgehead atoms. The largest absolute Gasteiger partial charge is 0.495 e. The maximum absolute atomic E-state index is 5.82. The van der Waals surface area contributed by atoms with Crippen LogP contribution < -0.4 is 15.8 Å². The van der Waals surface area contributed by atoms with Crippen molar-refractivity contribution >= 4 is 5.69 Å². The van der Waals surface area contributed by atoms with Crippen molar-refractivity contribution in [1.82, 2.24) is 5.32 Å². The highest BCUT2D eigenvalue weighted by Crippen LogP contribution is 2.21. The van der Waals surface area contributed by atoms with E-state index in [1.165, 1.54) is 12.0 Å². The van der Waals surface area contributed by atoms with Gasteiger partial charge < -0.3 is 15.8 Å². The van der Waals surface area contributed by atoms with E-state index in [1.807, 2.05) is 12.1 Å². The summed E-state index contributed by atoms with van der Waals surface area (Å²) in [4.78, 5) is 0. The topological polar surface area (TPSA) is 47.3 Å². The average molecular weight is 208 g/mol. The first kappa shape index (κ1) is 11.9. The van der Waals surface area contributed by atoms with Crippen LogP contribution in [0, 0.1) is 0 Å². The van der Waals surface area contributed by atoms with Gasteiger partial charge in [-0.25, -0.2) is 0 Å². The highest BCUT2D eigenvalue weighted by molar-refractivity contribution is 5.54. The predicted octanol–water partition coefficient (Wildman–Crippen LogP) is 1.82. The lowest BCUT2D eigenvalue weighted by Crippen LogP contribution is -2.17. The van der Waals surface area contributed by atoms with Crippen LogP contribution in [0.3, 0.4) is 0 Å². The minimum absolute atomic E-state index is 0.713. The molecule has 0 spiro atoms. The molecular weight excluding hydrogens is 188 g/mol. The summed E-state index contributed by atoms with van der Waals surface area (Å²) in [6.45, 7) is 4.24. The zero-order chi connectivity index (χ0) is 11.1. The Hall–Kier alpha value is -1.22. The minimum atomic E-state index is 0.713. The highest BCUT2D eigenvalue weighted by Gasteiger charge is 1.99. The predicted molar refractivity (Wildman–Crippen MR) is 64.3 cm³/mol. The van der Waals surface area contributed by atoms with Crippen LogP contribution in [0.1, 0.15) is 18.9 Å². The molecule has 15 heavy (non-hydrogen) atoms. The summed E-state index contributed by atoms with van der Waals surface area (Å²) >= 11 is 0. The number of benzene rings is 1. The Bertz CT molecular complexity index is 300. The number of rotatable bonds is 6. The van der Waals surface area contributed by atoms with Crippen LogP contribution in [-0.2, 0) is 6.42 Å². The summed E-state index contributed by atoms with van der Waals surface area (Å²) in [7, 11) is 1.63. The van der Waals surface area contributed by atoms with E-state index in [0.717, 1.165) is 25.3 Å². The first-order valence-electron chi connectivity index (χ1n) is 5.41. The second-order valence-corrected chi connectivity index (χ2v) is 3.58. The smallest absolute Gasteiger partial charge is 0.141 e. The first-order chi connectivity index (χ1) is 7.27. The molecule has 3 heteroatoms. The Morgan fingerprint density at radius 1 is 1.33 bits per heavy atom. The van der Waals surface area contributed by atoms with E-state index >= 15 is 0 Å². The van der Waals surface area contributed by atoms with E-state index in [1.54, 1.807) is 7.11 Å². The van der Waals surface area contributed by atoms with Crippen molar-refractivity contribution in [2.24, 2.45) is 0 Å². The van der Waals surface area contributed by atoms with Gasteiger partial charge in [-0.05, 0) is 43.6 Å². The third-order valence-electron chi connectivity index (χ3n) is 2.31. The lowest BCUT2D eigenvalue weighted by Gasteiger charge is -2.07. The third kappa shape index (κ3) is 3.80. The van der Waals surface area contributed by atoms with Gasteiger partial charge in [0.15, 0.2) is 0 Å². The molecule has 0 saturated heterocycles. The number of anilines is 1. The molecule has 0 amide bonds. The van der Waals surface area contributed by atoms with Gasteiger partial charge in [0.05, 0.1) is 12.8 Å². The second kappa shape index (κ2) is 6.30. The Balaban J connectivity index is 2.45. The summed E-state index contributed by atoms with van der Waals surface area (Å²) in [5.41, 5.74) is 7.78. The number of nitrogens with one attached hydrogen (secondary N) is 1. The summed E-state index contributed by atoms with van der Waals surface area (Å²) in [5, 5.41) is 3.36. The zero-order valence-corrected chi connectivity index (χ0v) is 9.55. The standard InChI is InChI=1S/C12H20N2O/c1-3-7-14-8-6-10-4-5-12(15-2)11(13)9-10/h4-5,9,14H,3,6-8,13H2,1-2H3. The molecule has 84 valence electrons. The van der Waals surface area contributed by atoms with E-state index in [4.69, 9.17) is 10.5 Å². The number of ether oxygens (including phenoxy) is 1. The van der Waals surface area contributed by atoms with Gasteiger partial charge in [0.1, 0.15) is 5.75 Å². The van der Waals surface area contributed by atoms with Crippen molar-refractivity contribution in [3.8, 4) is 5.75 Å². The molecule has 1 rings (SSSR count). The number of hydrogen-bond donors (Lipinski definition) is 2. The van der Waals surface area contributed by atoms with Crippen molar-refractivity contribution < 1.29 is 4.74 Å². The summed E-state index contributed by atoms with van der Waals surface area (Å²) in [6.07, 6.45) is 2.18. The molecular formula is C12H20N2O. The van der Waals surface area contributed by atoms with E-state index in [-0.39, 0.29) is 0 Å². The number of methoxy groups -OCH3 is 1. The number of nitrogens with two attached hydrogens (primary N) is 1. The van der Waals surface area contributed by atoms with Crippen molar-refractivity contribution in [2.75, 3.05) is 25.9 Å². The van der Waals surface area contributed by atoms with Gasteiger partial charge in [-0.3, -0.25) is 0 Å². The SMILES string of the molecule is CCCNCCc1ccc(OC)c(N)c1. The Morgan fingerprint density at radius 3 is 2.73 bits per heavy atom. The molecule has 0 saturated carbocycles. The lowest BCUT2D eigenvalue weighted by atomic mass is 10.1. The molecule has 1 aromatic carbocycles. The Morgan fingerprint density at radius 2 is 2.13 bits per heavy atom. The van der Waals surface area contributed by atoms with Crippen LogP contribution in [-0.4, -0.2) is 20.2 Å². The van der Waals surface area contributed by atoms with Crippen molar-refractivity contribution in [2.45, 2.75) is 19.8 Å². The summed E-state index contributed by atoms with van der Waals surface area (Å²) in [5.74, 6) is 0.750. The monoisotopic (exact) mass is 208 g/mol. The first-order valence-corrected chi connectivity index (χ1v) is 5.41. The maximum Gasteiger partial charge on any atom is 0.141 e. The van der Waals surface area contributed by atoms with Crippen LogP contribution >= 0.6 is 0 Å². The quantitative estimate of drug-likeness (QED) is 0.554. The molecule has 0 aliphatic heterocycles. The fourth-order valence-electron chi connectivity index (χ4n) is 1.47. The zero-order valence-electron chi connectivity index (χ0n) is 9.55. The lowest BCUT2D eigenvalue weighted by molar-refractivity contribution is 0.417. The normalized spacial score (nSPS) is 10.3. The van der Waals surface area contributed by atoms with Gasteiger partial charge in [-0.15, -0.1) is 0 Å². The fraction of sp³-hybridized carbons (Fsp3) is 0.500. The molecule has 0 heterocycles. The van der Waals surface area contributed by atoms with Crippen LogP contribution in [0.2, 0.25) is 0 Å². The van der Waals surface area contributed by atoms with Gasteiger partial charge >= 0.3 is 0 Å². The molecule has 3 N–H and O–H groups in total. The van der Waals surface area contributed by atoms with Crippen molar-refractivity contribution in [1.29, 1.82) is 0 Å². The molecule has 0 fully saturated rings. The molecule has 0 aromatic heterocycles. The molecule has 0 aliphatic rings. The van der Waals surface area contributed by atoms with Gasteiger partial charge in [0, 0.05) is 0 Å². The third-order valence-corrected chi connectivity index (χ3v) is 2.31. The number of hydrogen-bond acceptors (Lipinski definition) is 3. The Kier molecular flexibility index (Phi) is 4.98. The van der Waals surface area contributed by atoms with Crippen LogP contribution in [0.5, 0.6) is 5.75 Å². The van der Waals surface area contributed by atoms with Gasteiger partial charge in [0.25, 0.3) is 0 Å². The van der Waals surface area contributed by atoms with Crippen molar-refractivity contribution in [3.05, 3.63) is 23.8 Å². The molecule has 1 aromatic rings. The van der Waals surface area contributed by atoms with E-state index in [0.29, 0.717) is 5.69 Å². The molecule has 0 radical (unpaired) electrons. The average Bonchev–Trinajstić information content (AvgIpc) is 2.25. The molecule has 0 unspecified atom stereocenters. The van der Waals surface area contributed by atoms with Crippen LogP contribution in [0.15, 0.2) is 18.2 Å². The summed E-state index contributed by atoms with van der Waals surface area (Å²) in [6, 6.07) is 5.96. The van der Waals surface area contributed by atoms with Crippen LogP contribution in [0.4, 0.5) is 5.69 Å². The maximum atomic E-state index is 5.82. The Labute approximate surface area is 91.6 Å². The molecule has 0 atom stereocenters. The van der Waals surface area contributed by atoms with Crippen molar-refractivity contribution in [3.63, 3.8) is 0 Å². The number of nitrogen functional groups attached to an aromatic ring is 1.